The van der Waals surface area contributed by atoms with E-state index in [9.17, 15) is 0 Å². The Morgan fingerprint density at radius 3 is 2.81 bits per heavy atom. The number of unbranched alkanes of at least 4 members (excludes halogenated alkanes) is 1. The molecule has 2 rings (SSSR count). The van der Waals surface area contributed by atoms with Crippen molar-refractivity contribution >= 4 is 29.9 Å². The monoisotopic (exact) mass is 400 g/mol. The Morgan fingerprint density at radius 2 is 2.10 bits per heavy atom. The second-order valence-corrected chi connectivity index (χ2v) is 4.49. The van der Waals surface area contributed by atoms with Crippen LogP contribution in [0.15, 0.2) is 46.0 Å². The molecule has 1 aromatic heterocycles. The normalized spacial score (nSPS) is 11.0. The van der Waals surface area contributed by atoms with E-state index in [0.29, 0.717) is 18.4 Å². The lowest BCUT2D eigenvalue weighted by Gasteiger charge is -2.02. The van der Waals surface area contributed by atoms with Crippen molar-refractivity contribution in [2.24, 2.45) is 10.7 Å². The zero-order valence-electron chi connectivity index (χ0n) is 12.1. The fraction of sp³-hybridized carbons (Fsp3) is 0.333. The molecule has 0 aliphatic rings. The number of aliphatic imine (C=N–C) groups is 1. The van der Waals surface area contributed by atoms with Gasteiger partial charge in [-0.05, 0) is 18.6 Å². The van der Waals surface area contributed by atoms with Crippen molar-refractivity contribution in [3.8, 4) is 11.5 Å². The highest BCUT2D eigenvalue weighted by Crippen LogP contribution is 2.18. The highest BCUT2D eigenvalue weighted by atomic mass is 127. The molecule has 0 saturated carbocycles. The van der Waals surface area contributed by atoms with Crippen LogP contribution in [-0.4, -0.2) is 17.5 Å². The minimum Gasteiger partial charge on any atom is -0.444 e. The van der Waals surface area contributed by atoms with Crippen LogP contribution in [0.25, 0.3) is 11.5 Å². The SMILES string of the molecule is CCCCNC(N)=NCc1coc(-c2ccccc2)n1.I. The van der Waals surface area contributed by atoms with Gasteiger partial charge in [0.1, 0.15) is 12.0 Å². The molecular formula is C15H21IN4O. The van der Waals surface area contributed by atoms with E-state index >= 15 is 0 Å². The molecule has 0 atom stereocenters. The van der Waals surface area contributed by atoms with Crippen LogP contribution in [0.4, 0.5) is 0 Å². The van der Waals surface area contributed by atoms with Crippen molar-refractivity contribution in [1.82, 2.24) is 10.3 Å². The molecule has 0 spiro atoms. The standard InChI is InChI=1S/C15H20N4O.HI/c1-2-3-9-17-15(16)18-10-13-11-20-14(19-13)12-7-5-4-6-8-12;/h4-8,11H,2-3,9-10H2,1H3,(H3,16,17,18);1H. The van der Waals surface area contributed by atoms with E-state index in [4.69, 9.17) is 10.2 Å². The minimum absolute atomic E-state index is 0. The van der Waals surface area contributed by atoms with Crippen LogP contribution in [0.5, 0.6) is 0 Å². The quantitative estimate of drug-likeness (QED) is 0.338. The van der Waals surface area contributed by atoms with Crippen molar-refractivity contribution < 1.29 is 4.42 Å². The van der Waals surface area contributed by atoms with E-state index in [1.807, 2.05) is 30.3 Å². The molecule has 0 aliphatic carbocycles. The molecule has 0 unspecified atom stereocenters. The van der Waals surface area contributed by atoms with Crippen molar-refractivity contribution in [2.75, 3.05) is 6.54 Å². The largest absolute Gasteiger partial charge is 0.444 e. The lowest BCUT2D eigenvalue weighted by molar-refractivity contribution is 0.572. The molecule has 114 valence electrons. The van der Waals surface area contributed by atoms with Gasteiger partial charge in [0, 0.05) is 12.1 Å². The number of hydrogen-bond donors (Lipinski definition) is 2. The maximum absolute atomic E-state index is 5.76. The number of nitrogens with one attached hydrogen (secondary N) is 1. The van der Waals surface area contributed by atoms with Crippen LogP contribution in [0.2, 0.25) is 0 Å². The maximum atomic E-state index is 5.76. The second kappa shape index (κ2) is 9.38. The predicted octanol–water partition coefficient (Wildman–Crippen LogP) is 3.16. The fourth-order valence-electron chi connectivity index (χ4n) is 1.71. The van der Waals surface area contributed by atoms with Gasteiger partial charge in [-0.1, -0.05) is 31.5 Å². The topological polar surface area (TPSA) is 76.4 Å². The van der Waals surface area contributed by atoms with Gasteiger partial charge >= 0.3 is 0 Å². The average Bonchev–Trinajstić information content (AvgIpc) is 2.95. The van der Waals surface area contributed by atoms with Gasteiger partial charge < -0.3 is 15.5 Å². The number of halogens is 1. The number of rotatable bonds is 6. The van der Waals surface area contributed by atoms with Crippen molar-refractivity contribution in [3.63, 3.8) is 0 Å². The lowest BCUT2D eigenvalue weighted by atomic mass is 10.2. The van der Waals surface area contributed by atoms with E-state index in [2.05, 4.69) is 22.2 Å². The first-order valence-electron chi connectivity index (χ1n) is 6.83. The van der Waals surface area contributed by atoms with Crippen molar-refractivity contribution in [3.05, 3.63) is 42.3 Å². The van der Waals surface area contributed by atoms with Crippen LogP contribution >= 0.6 is 24.0 Å². The molecule has 3 N–H and O–H groups in total. The molecule has 21 heavy (non-hydrogen) atoms. The van der Waals surface area contributed by atoms with Gasteiger partial charge in [-0.2, -0.15) is 0 Å². The molecule has 0 bridgehead atoms. The summed E-state index contributed by atoms with van der Waals surface area (Å²) in [7, 11) is 0. The predicted molar refractivity (Wildman–Crippen MR) is 95.6 cm³/mol. The zero-order valence-corrected chi connectivity index (χ0v) is 14.4. The zero-order chi connectivity index (χ0) is 14.2. The van der Waals surface area contributed by atoms with Gasteiger partial charge in [-0.15, -0.1) is 24.0 Å². The highest BCUT2D eigenvalue weighted by molar-refractivity contribution is 14.0. The summed E-state index contributed by atoms with van der Waals surface area (Å²) < 4.78 is 5.44. The third kappa shape index (κ3) is 5.74. The Labute approximate surface area is 142 Å². The number of nitrogens with zero attached hydrogens (tertiary/aromatic N) is 2. The number of guanidine groups is 1. The molecule has 2 aromatic rings. The third-order valence-corrected chi connectivity index (χ3v) is 2.82. The van der Waals surface area contributed by atoms with Gasteiger partial charge in [0.2, 0.25) is 5.89 Å². The Morgan fingerprint density at radius 1 is 1.33 bits per heavy atom. The Kier molecular flexibility index (Phi) is 7.81. The molecule has 5 nitrogen and oxygen atoms in total. The fourth-order valence-corrected chi connectivity index (χ4v) is 1.71. The molecule has 0 radical (unpaired) electrons. The smallest absolute Gasteiger partial charge is 0.226 e. The maximum Gasteiger partial charge on any atom is 0.226 e. The summed E-state index contributed by atoms with van der Waals surface area (Å²) in [6.45, 7) is 3.40. The molecule has 0 aliphatic heterocycles. The summed E-state index contributed by atoms with van der Waals surface area (Å²) in [5.41, 5.74) is 7.48. The van der Waals surface area contributed by atoms with Gasteiger partial charge in [0.05, 0.1) is 6.54 Å². The summed E-state index contributed by atoms with van der Waals surface area (Å²) >= 11 is 0. The van der Waals surface area contributed by atoms with E-state index in [1.54, 1.807) is 6.26 Å². The van der Waals surface area contributed by atoms with E-state index < -0.39 is 0 Å². The summed E-state index contributed by atoms with van der Waals surface area (Å²) in [5, 5.41) is 3.06. The van der Waals surface area contributed by atoms with Crippen LogP contribution in [0.3, 0.4) is 0 Å². The van der Waals surface area contributed by atoms with E-state index in [-0.39, 0.29) is 24.0 Å². The lowest BCUT2D eigenvalue weighted by Crippen LogP contribution is -2.32. The Balaban J connectivity index is 0.00000220. The second-order valence-electron chi connectivity index (χ2n) is 4.49. The Bertz CT molecular complexity index is 554. The molecule has 0 fully saturated rings. The van der Waals surface area contributed by atoms with Crippen LogP contribution < -0.4 is 11.1 Å². The molecule has 1 aromatic carbocycles. The number of oxazole rings is 1. The summed E-state index contributed by atoms with van der Waals surface area (Å²) in [6, 6.07) is 9.78. The van der Waals surface area contributed by atoms with Gasteiger partial charge in [-0.3, -0.25) is 0 Å². The molecule has 1 heterocycles. The van der Waals surface area contributed by atoms with E-state index in [1.165, 1.54) is 0 Å². The molecule has 0 saturated heterocycles. The number of benzene rings is 1. The van der Waals surface area contributed by atoms with Gasteiger partial charge in [-0.25, -0.2) is 9.98 Å². The minimum atomic E-state index is 0. The first kappa shape index (κ1) is 17.5. The first-order chi connectivity index (χ1) is 9.79. The number of nitrogens with two attached hydrogens (primary N) is 1. The summed E-state index contributed by atoms with van der Waals surface area (Å²) in [6.07, 6.45) is 3.83. The molecular weight excluding hydrogens is 379 g/mol. The van der Waals surface area contributed by atoms with Gasteiger partial charge in [0.25, 0.3) is 0 Å². The van der Waals surface area contributed by atoms with Crippen molar-refractivity contribution in [2.45, 2.75) is 26.3 Å². The first-order valence-corrected chi connectivity index (χ1v) is 6.83. The third-order valence-electron chi connectivity index (χ3n) is 2.82. The van der Waals surface area contributed by atoms with Crippen LogP contribution in [0, 0.1) is 0 Å². The number of hydrogen-bond acceptors (Lipinski definition) is 3. The van der Waals surface area contributed by atoms with Crippen LogP contribution in [0.1, 0.15) is 25.5 Å². The van der Waals surface area contributed by atoms with Gasteiger partial charge in [0.15, 0.2) is 5.96 Å². The van der Waals surface area contributed by atoms with Crippen molar-refractivity contribution in [1.29, 1.82) is 0 Å². The van der Waals surface area contributed by atoms with Crippen LogP contribution in [-0.2, 0) is 6.54 Å². The number of aromatic nitrogens is 1. The summed E-state index contributed by atoms with van der Waals surface area (Å²) in [5.74, 6) is 1.05. The average molecular weight is 400 g/mol. The highest BCUT2D eigenvalue weighted by Gasteiger charge is 2.05. The summed E-state index contributed by atoms with van der Waals surface area (Å²) in [4.78, 5) is 8.63. The van der Waals surface area contributed by atoms with E-state index in [0.717, 1.165) is 30.6 Å². The molecule has 0 amide bonds. The molecule has 6 heteroatoms. The Hall–Kier alpha value is -1.57.